The topological polar surface area (TPSA) is 38.1 Å². The number of nitrogens with one attached hydrogen (secondary N) is 1. The highest BCUT2D eigenvalue weighted by molar-refractivity contribution is 5.55. The summed E-state index contributed by atoms with van der Waals surface area (Å²) >= 11 is 0. The van der Waals surface area contributed by atoms with Gasteiger partial charge >= 0.3 is 0 Å². The molecule has 0 saturated carbocycles. The number of oxazole rings is 1. The van der Waals surface area contributed by atoms with Crippen molar-refractivity contribution in [2.45, 2.75) is 19.5 Å². The lowest BCUT2D eigenvalue weighted by atomic mass is 10.1. The number of benzene rings is 2. The first kappa shape index (κ1) is 15.4. The van der Waals surface area contributed by atoms with Gasteiger partial charge in [0, 0.05) is 17.2 Å². The van der Waals surface area contributed by atoms with E-state index in [9.17, 15) is 8.78 Å². The molecule has 1 N–H and O–H groups in total. The van der Waals surface area contributed by atoms with Crippen LogP contribution in [0.3, 0.4) is 0 Å². The Morgan fingerprint density at radius 1 is 1.09 bits per heavy atom. The molecule has 3 rings (SSSR count). The van der Waals surface area contributed by atoms with E-state index in [0.717, 1.165) is 5.56 Å². The third-order valence-electron chi connectivity index (χ3n) is 3.61. The van der Waals surface area contributed by atoms with E-state index in [1.165, 1.54) is 18.2 Å². The molecule has 3 nitrogen and oxygen atoms in total. The molecule has 0 spiro atoms. The summed E-state index contributed by atoms with van der Waals surface area (Å²) in [4.78, 5) is 4.19. The van der Waals surface area contributed by atoms with Gasteiger partial charge in [0.25, 0.3) is 0 Å². The highest BCUT2D eigenvalue weighted by Gasteiger charge is 2.12. The lowest BCUT2D eigenvalue weighted by molar-refractivity contribution is 0.447. The summed E-state index contributed by atoms with van der Waals surface area (Å²) in [5.74, 6) is 0.522. The summed E-state index contributed by atoms with van der Waals surface area (Å²) in [6.07, 6.45) is 1.60. The van der Waals surface area contributed by atoms with E-state index in [1.54, 1.807) is 36.5 Å². The van der Waals surface area contributed by atoms with E-state index in [0.29, 0.717) is 23.8 Å². The molecule has 1 atom stereocenters. The van der Waals surface area contributed by atoms with Crippen molar-refractivity contribution >= 4 is 0 Å². The van der Waals surface area contributed by atoms with Gasteiger partial charge in [0.05, 0.1) is 12.7 Å². The van der Waals surface area contributed by atoms with Gasteiger partial charge in [0.2, 0.25) is 5.89 Å². The number of hydrogen-bond donors (Lipinski definition) is 1. The molecule has 0 radical (unpaired) electrons. The first-order valence-corrected chi connectivity index (χ1v) is 7.32. The Balaban J connectivity index is 1.65. The maximum atomic E-state index is 13.7. The van der Waals surface area contributed by atoms with Gasteiger partial charge in [-0.15, -0.1) is 0 Å². The zero-order valence-electron chi connectivity index (χ0n) is 12.6. The molecule has 23 heavy (non-hydrogen) atoms. The average molecular weight is 314 g/mol. The van der Waals surface area contributed by atoms with Crippen LogP contribution in [0.5, 0.6) is 0 Å². The van der Waals surface area contributed by atoms with Gasteiger partial charge in [0.15, 0.2) is 5.76 Å². The Morgan fingerprint density at radius 3 is 2.57 bits per heavy atom. The van der Waals surface area contributed by atoms with E-state index in [1.807, 2.05) is 6.92 Å². The first-order valence-electron chi connectivity index (χ1n) is 7.32. The van der Waals surface area contributed by atoms with Crippen molar-refractivity contribution in [3.63, 3.8) is 0 Å². The summed E-state index contributed by atoms with van der Waals surface area (Å²) in [6.45, 7) is 2.25. The van der Waals surface area contributed by atoms with Crippen molar-refractivity contribution in [1.29, 1.82) is 0 Å². The molecule has 0 amide bonds. The second kappa shape index (κ2) is 6.71. The first-order chi connectivity index (χ1) is 11.1. The fourth-order valence-corrected chi connectivity index (χ4v) is 2.32. The van der Waals surface area contributed by atoms with Crippen LogP contribution in [0.4, 0.5) is 8.78 Å². The molecule has 0 aliphatic heterocycles. The summed E-state index contributed by atoms with van der Waals surface area (Å²) in [5, 5.41) is 3.17. The molecule has 1 heterocycles. The minimum Gasteiger partial charge on any atom is -0.439 e. The number of hydrogen-bond acceptors (Lipinski definition) is 3. The van der Waals surface area contributed by atoms with Crippen LogP contribution in [-0.2, 0) is 6.54 Å². The normalized spacial score (nSPS) is 12.3. The third kappa shape index (κ3) is 3.63. The number of halogens is 2. The monoisotopic (exact) mass is 314 g/mol. The molecule has 1 aromatic heterocycles. The Bertz CT molecular complexity index is 784. The molecule has 0 aliphatic rings. The molecule has 1 unspecified atom stereocenters. The minimum absolute atomic E-state index is 0.169. The number of rotatable bonds is 5. The molecular weight excluding hydrogens is 298 g/mol. The Labute approximate surface area is 133 Å². The number of aromatic nitrogens is 1. The van der Waals surface area contributed by atoms with Crippen LogP contribution in [0.15, 0.2) is 59.1 Å². The zero-order chi connectivity index (χ0) is 16.2. The van der Waals surface area contributed by atoms with Gasteiger partial charge in [-0.2, -0.15) is 0 Å². The van der Waals surface area contributed by atoms with Crippen molar-refractivity contribution in [3.8, 4) is 11.3 Å². The summed E-state index contributed by atoms with van der Waals surface area (Å²) in [5.41, 5.74) is 1.35. The van der Waals surface area contributed by atoms with Crippen molar-refractivity contribution in [3.05, 3.63) is 77.8 Å². The highest BCUT2D eigenvalue weighted by Crippen LogP contribution is 2.21. The molecule has 3 aromatic rings. The van der Waals surface area contributed by atoms with Crippen LogP contribution < -0.4 is 5.32 Å². The SMILES string of the molecule is CC(NCc1ncc(-c2ccc(F)cc2)o1)c1ccccc1F. The van der Waals surface area contributed by atoms with Crippen LogP contribution >= 0.6 is 0 Å². The smallest absolute Gasteiger partial charge is 0.208 e. The fraction of sp³-hybridized carbons (Fsp3) is 0.167. The minimum atomic E-state index is -0.297. The predicted octanol–water partition coefficient (Wildman–Crippen LogP) is 4.47. The second-order valence-electron chi connectivity index (χ2n) is 5.25. The molecule has 0 aliphatic carbocycles. The quantitative estimate of drug-likeness (QED) is 0.755. The van der Waals surface area contributed by atoms with E-state index in [-0.39, 0.29) is 17.7 Å². The molecule has 118 valence electrons. The lowest BCUT2D eigenvalue weighted by Crippen LogP contribution is -2.19. The Morgan fingerprint density at radius 2 is 1.83 bits per heavy atom. The van der Waals surface area contributed by atoms with Crippen molar-refractivity contribution in [2.24, 2.45) is 0 Å². The van der Waals surface area contributed by atoms with Gasteiger partial charge in [-0.1, -0.05) is 18.2 Å². The fourth-order valence-electron chi connectivity index (χ4n) is 2.32. The van der Waals surface area contributed by atoms with Crippen molar-refractivity contribution < 1.29 is 13.2 Å². The largest absolute Gasteiger partial charge is 0.439 e. The van der Waals surface area contributed by atoms with E-state index < -0.39 is 0 Å². The van der Waals surface area contributed by atoms with Crippen LogP contribution in [0.25, 0.3) is 11.3 Å². The van der Waals surface area contributed by atoms with E-state index in [2.05, 4.69) is 10.3 Å². The third-order valence-corrected chi connectivity index (χ3v) is 3.61. The molecule has 0 fully saturated rings. The van der Waals surface area contributed by atoms with Crippen molar-refractivity contribution in [2.75, 3.05) is 0 Å². The summed E-state index contributed by atoms with van der Waals surface area (Å²) in [7, 11) is 0. The van der Waals surface area contributed by atoms with Gasteiger partial charge in [-0.3, -0.25) is 0 Å². The lowest BCUT2D eigenvalue weighted by Gasteiger charge is -2.13. The zero-order valence-corrected chi connectivity index (χ0v) is 12.6. The predicted molar refractivity (Wildman–Crippen MR) is 83.6 cm³/mol. The summed E-state index contributed by atoms with van der Waals surface area (Å²) in [6, 6.07) is 12.5. The molecule has 0 saturated heterocycles. The van der Waals surface area contributed by atoms with E-state index >= 15 is 0 Å². The van der Waals surface area contributed by atoms with Gasteiger partial charge < -0.3 is 9.73 Å². The van der Waals surface area contributed by atoms with Crippen LogP contribution in [0.2, 0.25) is 0 Å². The Kier molecular flexibility index (Phi) is 4.48. The average Bonchev–Trinajstić information content (AvgIpc) is 3.03. The van der Waals surface area contributed by atoms with Gasteiger partial charge in [0.1, 0.15) is 11.6 Å². The summed E-state index contributed by atoms with van der Waals surface area (Å²) < 4.78 is 32.3. The second-order valence-corrected chi connectivity index (χ2v) is 5.25. The van der Waals surface area contributed by atoms with E-state index in [4.69, 9.17) is 4.42 Å². The van der Waals surface area contributed by atoms with Gasteiger partial charge in [-0.25, -0.2) is 13.8 Å². The maximum Gasteiger partial charge on any atom is 0.208 e. The van der Waals surface area contributed by atoms with Crippen molar-refractivity contribution in [1.82, 2.24) is 10.3 Å². The molecule has 0 bridgehead atoms. The Hall–Kier alpha value is -2.53. The van der Waals surface area contributed by atoms with Crippen LogP contribution in [-0.4, -0.2) is 4.98 Å². The maximum absolute atomic E-state index is 13.7. The molecule has 2 aromatic carbocycles. The number of nitrogens with zero attached hydrogens (tertiary/aromatic N) is 1. The molecular formula is C18H16F2N2O. The highest BCUT2D eigenvalue weighted by atomic mass is 19.1. The standard InChI is InChI=1S/C18H16F2N2O/c1-12(15-4-2-3-5-16(15)20)21-11-18-22-10-17(23-18)13-6-8-14(19)9-7-13/h2-10,12,21H,11H2,1H3. The van der Waals surface area contributed by atoms with Gasteiger partial charge in [-0.05, 0) is 37.3 Å². The molecule has 5 heteroatoms. The van der Waals surface area contributed by atoms with Crippen LogP contribution in [0.1, 0.15) is 24.4 Å². The van der Waals surface area contributed by atoms with Crippen LogP contribution in [0, 0.1) is 11.6 Å².